The number of nitrogens with two attached hydrogens (primary N) is 1. The molecule has 1 unspecified atom stereocenters. The van der Waals surface area contributed by atoms with E-state index in [1.165, 1.54) is 51.5 Å². The van der Waals surface area contributed by atoms with E-state index in [0.717, 1.165) is 6.54 Å². The third-order valence-corrected chi connectivity index (χ3v) is 5.45. The van der Waals surface area contributed by atoms with Gasteiger partial charge in [0, 0.05) is 24.7 Å². The van der Waals surface area contributed by atoms with Gasteiger partial charge in [0.05, 0.1) is 0 Å². The van der Waals surface area contributed by atoms with Crippen molar-refractivity contribution < 1.29 is 0 Å². The molecule has 2 heteroatoms. The standard InChI is InChI=1S/C15H30N2/c1-4-6-7-8-14(3,5-2)17-11-13(16)15(12-17)9-10-15/h13H,4-12,16H2,1-3H3/t13-,14?/m0/s1. The lowest BCUT2D eigenvalue weighted by atomic mass is 9.89. The topological polar surface area (TPSA) is 29.3 Å². The van der Waals surface area contributed by atoms with Gasteiger partial charge in [0.2, 0.25) is 0 Å². The average Bonchev–Trinajstić information content (AvgIpc) is 3.01. The molecule has 0 bridgehead atoms. The van der Waals surface area contributed by atoms with Gasteiger partial charge < -0.3 is 5.73 Å². The summed E-state index contributed by atoms with van der Waals surface area (Å²) in [6, 6.07) is 0.444. The van der Waals surface area contributed by atoms with Gasteiger partial charge >= 0.3 is 0 Å². The molecule has 17 heavy (non-hydrogen) atoms. The van der Waals surface area contributed by atoms with Crippen molar-refractivity contribution in [3.8, 4) is 0 Å². The van der Waals surface area contributed by atoms with Crippen LogP contribution in [0.2, 0.25) is 0 Å². The van der Waals surface area contributed by atoms with Gasteiger partial charge in [0.1, 0.15) is 0 Å². The highest BCUT2D eigenvalue weighted by Crippen LogP contribution is 2.53. The molecule has 0 aromatic rings. The SMILES string of the molecule is CCCCCC(C)(CC)N1C[C@H](N)C2(CC2)C1. The van der Waals surface area contributed by atoms with E-state index in [4.69, 9.17) is 5.73 Å². The van der Waals surface area contributed by atoms with Crippen LogP contribution in [0.15, 0.2) is 0 Å². The largest absolute Gasteiger partial charge is 0.326 e. The molecule has 1 spiro atoms. The lowest BCUT2D eigenvalue weighted by Gasteiger charge is -2.39. The van der Waals surface area contributed by atoms with E-state index in [0.29, 0.717) is 17.0 Å². The van der Waals surface area contributed by atoms with Crippen LogP contribution in [0.1, 0.15) is 65.7 Å². The quantitative estimate of drug-likeness (QED) is 0.720. The molecule has 0 radical (unpaired) electrons. The molecule has 1 aliphatic heterocycles. The van der Waals surface area contributed by atoms with E-state index in [9.17, 15) is 0 Å². The maximum atomic E-state index is 6.33. The fourth-order valence-corrected chi connectivity index (χ4v) is 3.41. The highest BCUT2D eigenvalue weighted by Gasteiger charge is 2.55. The van der Waals surface area contributed by atoms with Crippen LogP contribution >= 0.6 is 0 Å². The maximum Gasteiger partial charge on any atom is 0.0237 e. The fraction of sp³-hybridized carbons (Fsp3) is 1.00. The lowest BCUT2D eigenvalue weighted by molar-refractivity contribution is 0.109. The minimum Gasteiger partial charge on any atom is -0.326 e. The maximum absolute atomic E-state index is 6.33. The second-order valence-corrected chi connectivity index (χ2v) is 6.66. The van der Waals surface area contributed by atoms with E-state index in [1.54, 1.807) is 0 Å². The summed E-state index contributed by atoms with van der Waals surface area (Å²) in [5, 5.41) is 0. The van der Waals surface area contributed by atoms with Gasteiger partial charge in [-0.05, 0) is 38.0 Å². The Morgan fingerprint density at radius 1 is 1.29 bits per heavy atom. The molecule has 1 aliphatic carbocycles. The number of nitrogens with zero attached hydrogens (tertiary/aromatic N) is 1. The molecule has 100 valence electrons. The lowest BCUT2D eigenvalue weighted by Crippen LogP contribution is -2.45. The van der Waals surface area contributed by atoms with Gasteiger partial charge in [-0.2, -0.15) is 0 Å². The van der Waals surface area contributed by atoms with Gasteiger partial charge in [-0.3, -0.25) is 4.90 Å². The Morgan fingerprint density at radius 2 is 2.00 bits per heavy atom. The fourth-order valence-electron chi connectivity index (χ4n) is 3.41. The Labute approximate surface area is 107 Å². The minimum absolute atomic E-state index is 0.402. The molecule has 2 nitrogen and oxygen atoms in total. The van der Waals surface area contributed by atoms with Crippen molar-refractivity contribution in [2.24, 2.45) is 11.1 Å². The molecular weight excluding hydrogens is 208 g/mol. The number of likely N-dealkylation sites (tertiary alicyclic amines) is 1. The van der Waals surface area contributed by atoms with Crippen LogP contribution in [-0.2, 0) is 0 Å². The van der Waals surface area contributed by atoms with Crippen molar-refractivity contribution in [1.29, 1.82) is 0 Å². The molecule has 2 aliphatic rings. The summed E-state index contributed by atoms with van der Waals surface area (Å²) in [5.41, 5.74) is 7.26. The minimum atomic E-state index is 0.402. The Kier molecular flexibility index (Phi) is 3.84. The van der Waals surface area contributed by atoms with Gasteiger partial charge in [-0.15, -0.1) is 0 Å². The Balaban J connectivity index is 1.93. The molecular formula is C15H30N2. The van der Waals surface area contributed by atoms with E-state index >= 15 is 0 Å². The van der Waals surface area contributed by atoms with Gasteiger partial charge in [0.15, 0.2) is 0 Å². The summed E-state index contributed by atoms with van der Waals surface area (Å²) < 4.78 is 0. The summed E-state index contributed by atoms with van der Waals surface area (Å²) in [6.07, 6.45) is 9.43. The van der Waals surface area contributed by atoms with Crippen molar-refractivity contribution in [2.45, 2.75) is 77.3 Å². The first kappa shape index (κ1) is 13.4. The zero-order valence-corrected chi connectivity index (χ0v) is 12.0. The molecule has 0 aromatic heterocycles. The smallest absolute Gasteiger partial charge is 0.0237 e. The van der Waals surface area contributed by atoms with Gasteiger partial charge in [-0.1, -0.05) is 33.1 Å². The van der Waals surface area contributed by atoms with Crippen LogP contribution in [0.25, 0.3) is 0 Å². The average molecular weight is 238 g/mol. The van der Waals surface area contributed by atoms with Crippen molar-refractivity contribution in [2.75, 3.05) is 13.1 Å². The van der Waals surface area contributed by atoms with Crippen LogP contribution < -0.4 is 5.73 Å². The van der Waals surface area contributed by atoms with Crippen LogP contribution in [0.4, 0.5) is 0 Å². The van der Waals surface area contributed by atoms with Crippen molar-refractivity contribution in [3.63, 3.8) is 0 Å². The predicted molar refractivity (Wildman–Crippen MR) is 74.1 cm³/mol. The number of hydrogen-bond donors (Lipinski definition) is 1. The van der Waals surface area contributed by atoms with Crippen molar-refractivity contribution >= 4 is 0 Å². The monoisotopic (exact) mass is 238 g/mol. The Bertz CT molecular complexity index is 260. The highest BCUT2D eigenvalue weighted by atomic mass is 15.3. The second kappa shape index (κ2) is 4.89. The zero-order chi connectivity index (χ0) is 12.5. The first-order valence-electron chi connectivity index (χ1n) is 7.57. The number of hydrogen-bond acceptors (Lipinski definition) is 2. The van der Waals surface area contributed by atoms with Crippen LogP contribution in [-0.4, -0.2) is 29.6 Å². The molecule has 0 amide bonds. The third kappa shape index (κ3) is 2.53. The number of rotatable bonds is 6. The van der Waals surface area contributed by atoms with Crippen LogP contribution in [0, 0.1) is 5.41 Å². The Morgan fingerprint density at radius 3 is 2.47 bits per heavy atom. The summed E-state index contributed by atoms with van der Waals surface area (Å²) in [7, 11) is 0. The highest BCUT2D eigenvalue weighted by molar-refractivity contribution is 5.11. The normalized spacial score (nSPS) is 30.7. The molecule has 0 aromatic carbocycles. The van der Waals surface area contributed by atoms with E-state index in [1.807, 2.05) is 0 Å². The van der Waals surface area contributed by atoms with Crippen LogP contribution in [0.3, 0.4) is 0 Å². The summed E-state index contributed by atoms with van der Waals surface area (Å²) in [5.74, 6) is 0. The van der Waals surface area contributed by atoms with Crippen LogP contribution in [0.5, 0.6) is 0 Å². The first-order chi connectivity index (χ1) is 8.06. The molecule has 2 fully saturated rings. The molecule has 2 N–H and O–H groups in total. The third-order valence-electron chi connectivity index (χ3n) is 5.45. The van der Waals surface area contributed by atoms with Crippen molar-refractivity contribution in [1.82, 2.24) is 4.90 Å². The molecule has 2 atom stereocenters. The van der Waals surface area contributed by atoms with E-state index in [2.05, 4.69) is 25.7 Å². The second-order valence-electron chi connectivity index (χ2n) is 6.66. The van der Waals surface area contributed by atoms with E-state index < -0.39 is 0 Å². The molecule has 1 saturated carbocycles. The first-order valence-corrected chi connectivity index (χ1v) is 7.57. The predicted octanol–water partition coefficient (Wildman–Crippen LogP) is 3.16. The van der Waals surface area contributed by atoms with Gasteiger partial charge in [-0.25, -0.2) is 0 Å². The molecule has 2 rings (SSSR count). The van der Waals surface area contributed by atoms with E-state index in [-0.39, 0.29) is 0 Å². The van der Waals surface area contributed by atoms with Crippen molar-refractivity contribution in [3.05, 3.63) is 0 Å². The van der Waals surface area contributed by atoms with Gasteiger partial charge in [0.25, 0.3) is 0 Å². The summed E-state index contributed by atoms with van der Waals surface area (Å²) in [6.45, 7) is 9.49. The zero-order valence-electron chi connectivity index (χ0n) is 12.0. The Hall–Kier alpha value is -0.0800. The molecule has 1 saturated heterocycles. The molecule has 1 heterocycles. The number of unbranched alkanes of at least 4 members (excludes halogenated alkanes) is 2. The summed E-state index contributed by atoms with van der Waals surface area (Å²) in [4.78, 5) is 2.71. The summed E-state index contributed by atoms with van der Waals surface area (Å²) >= 11 is 0.